The molecule has 0 bridgehead atoms. The standard InChI is InChI=1S/C14H29NOS/c1-3-15-13-8-6-4-5-7-9-14(13)17-11-12(2)10-16/h12-16H,3-11H2,1-2H3. The van der Waals surface area contributed by atoms with E-state index >= 15 is 0 Å². The van der Waals surface area contributed by atoms with E-state index in [-0.39, 0.29) is 0 Å². The largest absolute Gasteiger partial charge is 0.396 e. The van der Waals surface area contributed by atoms with E-state index in [1.807, 2.05) is 0 Å². The zero-order valence-corrected chi connectivity index (χ0v) is 12.3. The van der Waals surface area contributed by atoms with Crippen molar-refractivity contribution in [3.8, 4) is 0 Å². The summed E-state index contributed by atoms with van der Waals surface area (Å²) in [6, 6.07) is 0.691. The molecular weight excluding hydrogens is 230 g/mol. The van der Waals surface area contributed by atoms with Gasteiger partial charge in [0.05, 0.1) is 0 Å². The van der Waals surface area contributed by atoms with Crippen LogP contribution in [0.4, 0.5) is 0 Å². The Morgan fingerprint density at radius 3 is 2.59 bits per heavy atom. The van der Waals surface area contributed by atoms with Crippen molar-refractivity contribution in [1.82, 2.24) is 5.32 Å². The third-order valence-corrected chi connectivity index (χ3v) is 5.33. The molecule has 1 rings (SSSR count). The first-order valence-electron chi connectivity index (χ1n) is 7.23. The van der Waals surface area contributed by atoms with Gasteiger partial charge in [0.1, 0.15) is 0 Å². The minimum atomic E-state index is 0.325. The number of aliphatic hydroxyl groups excluding tert-OH is 1. The fourth-order valence-corrected chi connectivity index (χ4v) is 3.97. The van der Waals surface area contributed by atoms with Crippen LogP contribution < -0.4 is 5.32 Å². The smallest absolute Gasteiger partial charge is 0.0464 e. The van der Waals surface area contributed by atoms with Crippen LogP contribution in [-0.2, 0) is 0 Å². The van der Waals surface area contributed by atoms with Gasteiger partial charge in [-0.05, 0) is 31.1 Å². The lowest BCUT2D eigenvalue weighted by molar-refractivity contribution is 0.250. The minimum Gasteiger partial charge on any atom is -0.396 e. The van der Waals surface area contributed by atoms with Gasteiger partial charge in [-0.25, -0.2) is 0 Å². The van der Waals surface area contributed by atoms with Crippen molar-refractivity contribution < 1.29 is 5.11 Å². The van der Waals surface area contributed by atoms with E-state index in [2.05, 4.69) is 30.9 Å². The van der Waals surface area contributed by atoms with Crippen LogP contribution in [0.5, 0.6) is 0 Å². The van der Waals surface area contributed by atoms with Crippen molar-refractivity contribution in [3.63, 3.8) is 0 Å². The Labute approximate surface area is 111 Å². The average molecular weight is 259 g/mol. The van der Waals surface area contributed by atoms with Gasteiger partial charge in [-0.1, -0.05) is 39.5 Å². The highest BCUT2D eigenvalue weighted by molar-refractivity contribution is 7.99. The van der Waals surface area contributed by atoms with E-state index < -0.39 is 0 Å². The van der Waals surface area contributed by atoms with Crippen molar-refractivity contribution in [2.45, 2.75) is 63.7 Å². The van der Waals surface area contributed by atoms with E-state index in [0.29, 0.717) is 18.6 Å². The summed E-state index contributed by atoms with van der Waals surface area (Å²) in [5, 5.41) is 13.5. The number of nitrogens with one attached hydrogen (secondary N) is 1. The molecule has 102 valence electrons. The molecule has 3 unspecified atom stereocenters. The number of rotatable bonds is 6. The SMILES string of the molecule is CCNC1CCCCCCC1SCC(C)CO. The molecule has 1 aliphatic rings. The molecule has 1 saturated carbocycles. The maximum atomic E-state index is 9.11. The third-order valence-electron chi connectivity index (χ3n) is 3.58. The van der Waals surface area contributed by atoms with Gasteiger partial charge in [0.2, 0.25) is 0 Å². The molecule has 3 heteroatoms. The summed E-state index contributed by atoms with van der Waals surface area (Å²) in [6.45, 7) is 5.75. The Morgan fingerprint density at radius 1 is 1.24 bits per heavy atom. The van der Waals surface area contributed by atoms with Gasteiger partial charge in [0, 0.05) is 17.9 Å². The summed E-state index contributed by atoms with van der Waals surface area (Å²) in [5.41, 5.74) is 0. The summed E-state index contributed by atoms with van der Waals surface area (Å²) in [5.74, 6) is 1.54. The molecule has 3 atom stereocenters. The van der Waals surface area contributed by atoms with Crippen LogP contribution in [0.3, 0.4) is 0 Å². The fourth-order valence-electron chi connectivity index (χ4n) is 2.49. The van der Waals surface area contributed by atoms with Crippen LogP contribution in [0.2, 0.25) is 0 Å². The monoisotopic (exact) mass is 259 g/mol. The predicted octanol–water partition coefficient (Wildman–Crippen LogP) is 3.05. The first-order chi connectivity index (χ1) is 8.27. The van der Waals surface area contributed by atoms with Gasteiger partial charge in [0.25, 0.3) is 0 Å². The van der Waals surface area contributed by atoms with E-state index in [9.17, 15) is 0 Å². The van der Waals surface area contributed by atoms with Crippen LogP contribution in [0.1, 0.15) is 52.4 Å². The summed E-state index contributed by atoms with van der Waals surface area (Å²) in [6.07, 6.45) is 8.26. The van der Waals surface area contributed by atoms with Crippen molar-refractivity contribution >= 4 is 11.8 Å². The molecule has 1 fully saturated rings. The van der Waals surface area contributed by atoms with Crippen molar-refractivity contribution in [2.75, 3.05) is 18.9 Å². The van der Waals surface area contributed by atoms with Crippen LogP contribution in [0.15, 0.2) is 0 Å². The van der Waals surface area contributed by atoms with E-state index in [4.69, 9.17) is 5.11 Å². The van der Waals surface area contributed by atoms with E-state index in [1.165, 1.54) is 38.5 Å². The second-order valence-electron chi connectivity index (χ2n) is 5.32. The number of aliphatic hydroxyl groups is 1. The van der Waals surface area contributed by atoms with Crippen LogP contribution in [0, 0.1) is 5.92 Å². The number of thioether (sulfide) groups is 1. The van der Waals surface area contributed by atoms with Gasteiger partial charge in [0.15, 0.2) is 0 Å². The van der Waals surface area contributed by atoms with Gasteiger partial charge in [-0.2, -0.15) is 11.8 Å². The Balaban J connectivity index is 2.41. The molecule has 0 aromatic heterocycles. The highest BCUT2D eigenvalue weighted by atomic mass is 32.2. The molecule has 0 spiro atoms. The molecule has 0 radical (unpaired) electrons. The normalized spacial score (nSPS) is 28.4. The second-order valence-corrected chi connectivity index (χ2v) is 6.59. The zero-order valence-electron chi connectivity index (χ0n) is 11.5. The lowest BCUT2D eigenvalue weighted by Gasteiger charge is -2.30. The molecule has 2 N–H and O–H groups in total. The van der Waals surface area contributed by atoms with Crippen LogP contribution in [0.25, 0.3) is 0 Å². The van der Waals surface area contributed by atoms with Crippen molar-refractivity contribution in [1.29, 1.82) is 0 Å². The Kier molecular flexibility index (Phi) is 8.33. The Hall–Kier alpha value is 0.270. The fraction of sp³-hybridized carbons (Fsp3) is 1.00. The lowest BCUT2D eigenvalue weighted by Crippen LogP contribution is -2.39. The first-order valence-corrected chi connectivity index (χ1v) is 8.28. The lowest BCUT2D eigenvalue weighted by atomic mass is 9.96. The van der Waals surface area contributed by atoms with Crippen molar-refractivity contribution in [3.05, 3.63) is 0 Å². The molecule has 0 aromatic rings. The molecule has 17 heavy (non-hydrogen) atoms. The first kappa shape index (κ1) is 15.3. The summed E-state index contributed by atoms with van der Waals surface area (Å²) in [7, 11) is 0. The minimum absolute atomic E-state index is 0.325. The third kappa shape index (κ3) is 6.12. The van der Waals surface area contributed by atoms with Gasteiger partial charge < -0.3 is 10.4 Å². The van der Waals surface area contributed by atoms with Crippen LogP contribution >= 0.6 is 11.8 Å². The van der Waals surface area contributed by atoms with E-state index in [1.54, 1.807) is 0 Å². The number of hydrogen-bond donors (Lipinski definition) is 2. The maximum Gasteiger partial charge on any atom is 0.0464 e. The molecule has 0 heterocycles. The molecular formula is C14H29NOS. The van der Waals surface area contributed by atoms with Gasteiger partial charge in [-0.15, -0.1) is 0 Å². The molecule has 0 saturated heterocycles. The summed E-state index contributed by atoms with van der Waals surface area (Å²) >= 11 is 2.08. The highest BCUT2D eigenvalue weighted by Crippen LogP contribution is 2.28. The van der Waals surface area contributed by atoms with Gasteiger partial charge in [-0.3, -0.25) is 0 Å². The topological polar surface area (TPSA) is 32.3 Å². The maximum absolute atomic E-state index is 9.11. The molecule has 1 aliphatic carbocycles. The predicted molar refractivity (Wildman–Crippen MR) is 77.7 cm³/mol. The molecule has 0 aliphatic heterocycles. The second kappa shape index (κ2) is 9.23. The molecule has 0 amide bonds. The average Bonchev–Trinajstić information content (AvgIpc) is 2.31. The van der Waals surface area contributed by atoms with Gasteiger partial charge >= 0.3 is 0 Å². The number of hydrogen-bond acceptors (Lipinski definition) is 3. The Bertz CT molecular complexity index is 189. The van der Waals surface area contributed by atoms with E-state index in [0.717, 1.165) is 17.5 Å². The summed E-state index contributed by atoms with van der Waals surface area (Å²) in [4.78, 5) is 0. The molecule has 2 nitrogen and oxygen atoms in total. The summed E-state index contributed by atoms with van der Waals surface area (Å²) < 4.78 is 0. The molecule has 0 aromatic carbocycles. The Morgan fingerprint density at radius 2 is 1.94 bits per heavy atom. The quantitative estimate of drug-likeness (QED) is 0.769. The van der Waals surface area contributed by atoms with Crippen molar-refractivity contribution in [2.24, 2.45) is 5.92 Å². The zero-order chi connectivity index (χ0) is 12.5. The van der Waals surface area contributed by atoms with Crippen LogP contribution in [-0.4, -0.2) is 35.3 Å². The highest BCUT2D eigenvalue weighted by Gasteiger charge is 2.22.